The van der Waals surface area contributed by atoms with Gasteiger partial charge < -0.3 is 19.5 Å². The van der Waals surface area contributed by atoms with Crippen LogP contribution in [0.25, 0.3) is 10.1 Å². The van der Waals surface area contributed by atoms with Crippen LogP contribution in [0.2, 0.25) is 0 Å². The number of hydrogen-bond acceptors (Lipinski definition) is 9. The highest BCUT2D eigenvalue weighted by molar-refractivity contribution is 7.92. The summed E-state index contributed by atoms with van der Waals surface area (Å²) in [6.45, 7) is 1.39. The SMILES string of the molecule is CNCP(=O)([O-])Oc1ccc(C#N)c(F)c1.CS(=O)(=O)c1cc2c(F)cc(OCCCC[n+]3ccccc3)cc2s1. The first-order chi connectivity index (χ1) is 19.4. The molecule has 9 nitrogen and oxygen atoms in total. The molecular formula is C27H28F2N3O6PS2. The Kier molecular flexibility index (Phi) is 11.3. The number of rotatable bonds is 11. The molecule has 0 spiro atoms. The van der Waals surface area contributed by atoms with Crippen molar-refractivity contribution in [3.63, 3.8) is 0 Å². The number of hydrogen-bond donors (Lipinski definition) is 1. The van der Waals surface area contributed by atoms with Gasteiger partial charge in [-0.3, -0.25) is 4.57 Å². The highest BCUT2D eigenvalue weighted by Crippen LogP contribution is 2.37. The molecule has 4 rings (SSSR count). The highest BCUT2D eigenvalue weighted by atomic mass is 32.2. The maximum Gasteiger partial charge on any atom is 0.198 e. The second kappa shape index (κ2) is 14.5. The molecule has 0 radical (unpaired) electrons. The Labute approximate surface area is 241 Å². The number of unbranched alkanes of at least 4 members (excludes halogenated alkanes) is 1. The summed E-state index contributed by atoms with van der Waals surface area (Å²) in [6.07, 6.45) is 6.60. The third-order valence-electron chi connectivity index (χ3n) is 5.42. The monoisotopic (exact) mass is 623 g/mol. The minimum atomic E-state index is -4.07. The van der Waals surface area contributed by atoms with Gasteiger partial charge in [0.05, 0.1) is 18.5 Å². The third kappa shape index (κ3) is 9.88. The number of aryl methyl sites for hydroxylation is 1. The Morgan fingerprint density at radius 2 is 1.78 bits per heavy atom. The average molecular weight is 624 g/mol. The number of pyridine rings is 1. The number of thiophene rings is 1. The second-order valence-electron chi connectivity index (χ2n) is 8.79. The van der Waals surface area contributed by atoms with Crippen molar-refractivity contribution in [3.8, 4) is 17.6 Å². The molecule has 41 heavy (non-hydrogen) atoms. The normalized spacial score (nSPS) is 12.6. The smallest absolute Gasteiger partial charge is 0.198 e. The van der Waals surface area contributed by atoms with Crippen LogP contribution in [-0.2, 0) is 20.9 Å². The molecule has 0 fully saturated rings. The van der Waals surface area contributed by atoms with Crippen molar-refractivity contribution in [3.05, 3.63) is 84.2 Å². The molecule has 2 aromatic heterocycles. The first-order valence-corrected chi connectivity index (χ1v) is 16.7. The Hall–Kier alpha value is -3.40. The predicted molar refractivity (Wildman–Crippen MR) is 150 cm³/mol. The van der Waals surface area contributed by atoms with Crippen molar-refractivity contribution in [1.29, 1.82) is 5.26 Å². The van der Waals surface area contributed by atoms with Crippen LogP contribution in [0.4, 0.5) is 8.78 Å². The first kappa shape index (κ1) is 32.1. The molecule has 0 aliphatic carbocycles. The summed E-state index contributed by atoms with van der Waals surface area (Å²) >= 11 is 1.06. The Morgan fingerprint density at radius 1 is 1.07 bits per heavy atom. The van der Waals surface area contributed by atoms with E-state index < -0.39 is 29.1 Å². The number of ether oxygens (including phenoxy) is 1. The minimum Gasteiger partial charge on any atom is -0.768 e. The lowest BCUT2D eigenvalue weighted by atomic mass is 10.2. The van der Waals surface area contributed by atoms with E-state index in [1.165, 1.54) is 25.2 Å². The fourth-order valence-corrected chi connectivity index (χ4v) is 6.44. The molecule has 0 aliphatic rings. The molecule has 0 amide bonds. The summed E-state index contributed by atoms with van der Waals surface area (Å²) in [4.78, 5) is 11.2. The summed E-state index contributed by atoms with van der Waals surface area (Å²) in [5.74, 6) is -0.993. The van der Waals surface area contributed by atoms with Gasteiger partial charge in [-0.15, -0.1) is 11.3 Å². The molecule has 2 heterocycles. The standard InChI is InChI=1S/C18H19FNO3S2.C9H10FN2O3P/c1-25(21,22)18-13-15-16(19)11-14(12-17(15)24-18)23-10-6-5-9-20-7-3-2-4-8-20;1-12-6-16(13,14)15-8-3-2-7(5-11)9(10)4-8/h2-4,7-8,11-13H,5-6,9-10H2,1H3;2-4,12H,6H2,1H3,(H,13,14)/q+1;/p-1. The largest absolute Gasteiger partial charge is 0.768 e. The van der Waals surface area contributed by atoms with Gasteiger partial charge in [0.2, 0.25) is 0 Å². The zero-order valence-electron chi connectivity index (χ0n) is 22.2. The average Bonchev–Trinajstić information content (AvgIpc) is 3.35. The van der Waals surface area contributed by atoms with Crippen LogP contribution in [0.3, 0.4) is 0 Å². The molecule has 218 valence electrons. The maximum atomic E-state index is 14.2. The second-order valence-corrected chi connectivity index (χ2v) is 13.8. The van der Waals surface area contributed by atoms with Crippen LogP contribution in [0.1, 0.15) is 18.4 Å². The molecule has 0 aliphatic heterocycles. The zero-order valence-corrected chi connectivity index (χ0v) is 24.8. The van der Waals surface area contributed by atoms with Gasteiger partial charge in [-0.25, -0.2) is 21.8 Å². The molecule has 1 unspecified atom stereocenters. The Morgan fingerprint density at radius 3 is 2.41 bits per heavy atom. The van der Waals surface area contributed by atoms with Gasteiger partial charge in [-0.2, -0.15) is 5.26 Å². The minimum absolute atomic E-state index is 0.148. The fraction of sp³-hybridized carbons (Fsp3) is 0.259. The summed E-state index contributed by atoms with van der Waals surface area (Å²) < 4.78 is 74.8. The van der Waals surface area contributed by atoms with E-state index in [1.807, 2.05) is 30.6 Å². The van der Waals surface area contributed by atoms with Crippen LogP contribution in [0.15, 0.2) is 71.2 Å². The lowest BCUT2D eigenvalue weighted by molar-refractivity contribution is -0.697. The van der Waals surface area contributed by atoms with Crippen LogP contribution in [0, 0.1) is 23.0 Å². The van der Waals surface area contributed by atoms with E-state index in [1.54, 1.807) is 12.1 Å². The fourth-order valence-electron chi connectivity index (χ4n) is 3.51. The van der Waals surface area contributed by atoms with Crippen molar-refractivity contribution in [2.24, 2.45) is 0 Å². The van der Waals surface area contributed by atoms with E-state index in [-0.39, 0.29) is 21.8 Å². The number of nitrogens with one attached hydrogen (secondary N) is 1. The lowest BCUT2D eigenvalue weighted by Crippen LogP contribution is -2.32. The van der Waals surface area contributed by atoms with Crippen molar-refractivity contribution in [1.82, 2.24) is 5.32 Å². The number of fused-ring (bicyclic) bond motifs is 1. The Bertz CT molecular complexity index is 1680. The molecule has 0 bridgehead atoms. The van der Waals surface area contributed by atoms with Gasteiger partial charge in [0, 0.05) is 47.0 Å². The quantitative estimate of drug-likeness (QED) is 0.148. The number of nitrogens with zero attached hydrogens (tertiary/aromatic N) is 2. The Balaban J connectivity index is 0.000000250. The highest BCUT2D eigenvalue weighted by Gasteiger charge is 2.15. The number of aromatic nitrogens is 1. The van der Waals surface area contributed by atoms with Crippen LogP contribution >= 0.6 is 18.9 Å². The zero-order chi connectivity index (χ0) is 30.0. The number of benzene rings is 2. The predicted octanol–water partition coefficient (Wildman–Crippen LogP) is 4.40. The summed E-state index contributed by atoms with van der Waals surface area (Å²) in [6, 6.07) is 15.2. The third-order valence-corrected chi connectivity index (χ3v) is 9.49. The lowest BCUT2D eigenvalue weighted by Gasteiger charge is -2.23. The van der Waals surface area contributed by atoms with E-state index >= 15 is 0 Å². The van der Waals surface area contributed by atoms with Gasteiger partial charge in [-0.1, -0.05) is 6.07 Å². The van der Waals surface area contributed by atoms with E-state index in [9.17, 15) is 26.7 Å². The van der Waals surface area contributed by atoms with Gasteiger partial charge in [0.25, 0.3) is 0 Å². The molecule has 0 saturated carbocycles. The van der Waals surface area contributed by atoms with Crippen LogP contribution < -0.4 is 24.0 Å². The molecule has 0 saturated heterocycles. The first-order valence-electron chi connectivity index (χ1n) is 12.3. The van der Waals surface area contributed by atoms with E-state index in [0.29, 0.717) is 22.4 Å². The summed E-state index contributed by atoms with van der Waals surface area (Å²) in [7, 11) is -5.95. The molecule has 1 atom stereocenters. The molecular weight excluding hydrogens is 595 g/mol. The van der Waals surface area contributed by atoms with E-state index in [4.69, 9.17) is 10.00 Å². The number of halogens is 2. The number of sulfone groups is 1. The van der Waals surface area contributed by atoms with E-state index in [0.717, 1.165) is 49.1 Å². The van der Waals surface area contributed by atoms with Crippen molar-refractivity contribution in [2.45, 2.75) is 23.6 Å². The number of nitriles is 1. The van der Waals surface area contributed by atoms with Crippen molar-refractivity contribution >= 4 is 38.9 Å². The van der Waals surface area contributed by atoms with Gasteiger partial charge >= 0.3 is 0 Å². The molecule has 1 N–H and O–H groups in total. The maximum absolute atomic E-state index is 14.2. The van der Waals surface area contributed by atoms with Gasteiger partial charge in [0.15, 0.2) is 29.8 Å². The van der Waals surface area contributed by atoms with Crippen molar-refractivity contribution < 1.29 is 40.5 Å². The van der Waals surface area contributed by atoms with Crippen LogP contribution in [-0.4, -0.2) is 34.6 Å². The molecule has 2 aromatic carbocycles. The summed E-state index contributed by atoms with van der Waals surface area (Å²) in [5.41, 5.74) is -0.165. The van der Waals surface area contributed by atoms with Gasteiger partial charge in [-0.05, 0) is 37.7 Å². The van der Waals surface area contributed by atoms with Gasteiger partial charge in [0.1, 0.15) is 40.0 Å². The molecule has 14 heteroatoms. The summed E-state index contributed by atoms with van der Waals surface area (Å²) in [5, 5.41) is 11.2. The molecule has 4 aromatic rings. The van der Waals surface area contributed by atoms with Crippen LogP contribution in [0.5, 0.6) is 11.5 Å². The van der Waals surface area contributed by atoms with E-state index in [2.05, 4.69) is 14.4 Å². The van der Waals surface area contributed by atoms with Crippen molar-refractivity contribution in [2.75, 3.05) is 26.2 Å². The topological polar surface area (TPSA) is 132 Å².